The van der Waals surface area contributed by atoms with E-state index in [0.29, 0.717) is 18.7 Å². The van der Waals surface area contributed by atoms with Crippen molar-refractivity contribution < 1.29 is 28.9 Å². The van der Waals surface area contributed by atoms with Gasteiger partial charge in [-0.1, -0.05) is 83.8 Å². The highest BCUT2D eigenvalue weighted by Gasteiger charge is 2.32. The number of aryl methyl sites for hydroxylation is 1. The molecule has 45 heavy (non-hydrogen) atoms. The number of hydrogen-bond donors (Lipinski definition) is 3. The molecule has 1 aliphatic rings. The van der Waals surface area contributed by atoms with Crippen LogP contribution >= 0.6 is 23.1 Å². The third-order valence-corrected chi connectivity index (χ3v) is 9.19. The number of nitrogens with one attached hydrogen (secondary N) is 2. The van der Waals surface area contributed by atoms with Gasteiger partial charge in [0.15, 0.2) is 10.6 Å². The molecule has 1 saturated heterocycles. The lowest BCUT2D eigenvalue weighted by Gasteiger charge is -2.36. The highest BCUT2D eigenvalue weighted by atomic mass is 32.2. The van der Waals surface area contributed by atoms with Crippen molar-refractivity contribution in [2.75, 3.05) is 18.9 Å². The predicted octanol–water partition coefficient (Wildman–Crippen LogP) is 5.71. The summed E-state index contributed by atoms with van der Waals surface area (Å²) in [6.07, 6.45) is -0.183. The number of aromatic nitrogens is 2. The maximum atomic E-state index is 12.1. The fourth-order valence-electron chi connectivity index (χ4n) is 4.86. The number of hydrogen-bond acceptors (Lipinski definition) is 10. The van der Waals surface area contributed by atoms with Crippen molar-refractivity contribution in [1.29, 1.82) is 0 Å². The van der Waals surface area contributed by atoms with E-state index >= 15 is 0 Å². The number of nitrogens with zero attached hydrogens (tertiary/aromatic N) is 2. The molecule has 0 bridgehead atoms. The molecule has 0 aliphatic carbocycles. The average molecular weight is 649 g/mol. The van der Waals surface area contributed by atoms with Gasteiger partial charge in [0.1, 0.15) is 11.6 Å². The zero-order valence-electron chi connectivity index (χ0n) is 25.1. The third-order valence-electron chi connectivity index (χ3n) is 7.09. The molecule has 0 saturated carbocycles. The Bertz CT molecular complexity index is 1580. The van der Waals surface area contributed by atoms with E-state index in [1.54, 1.807) is 30.0 Å². The lowest BCUT2D eigenvalue weighted by molar-refractivity contribution is -0.245. The molecule has 1 fully saturated rings. The molecule has 3 aromatic carbocycles. The van der Waals surface area contributed by atoms with Gasteiger partial charge in [-0.3, -0.25) is 4.79 Å². The summed E-state index contributed by atoms with van der Waals surface area (Å²) in [4.78, 5) is 23.6. The van der Waals surface area contributed by atoms with Gasteiger partial charge in [-0.25, -0.2) is 4.79 Å². The third kappa shape index (κ3) is 9.35. The fourth-order valence-corrected chi connectivity index (χ4v) is 6.72. The van der Waals surface area contributed by atoms with Crippen LogP contribution in [0.5, 0.6) is 0 Å². The van der Waals surface area contributed by atoms with Gasteiger partial charge in [0, 0.05) is 24.3 Å². The second-order valence-corrected chi connectivity index (χ2v) is 12.9. The SMILES string of the molecule is CCOC(=O)CNC(=O)NCc1cccc(-c2cccc([C@@H]3O[C@H](CSc4nnc(C)s4)C[C@H](c4ccc(CO)cc4)O3)c2)c1. The minimum atomic E-state index is -0.587. The highest BCUT2D eigenvalue weighted by molar-refractivity contribution is 8.01. The Morgan fingerprint density at radius 1 is 0.978 bits per heavy atom. The lowest BCUT2D eigenvalue weighted by atomic mass is 9.99. The second kappa shape index (κ2) is 16.0. The molecule has 5 rings (SSSR count). The first-order valence-corrected chi connectivity index (χ1v) is 16.5. The minimum Gasteiger partial charge on any atom is -0.465 e. The van der Waals surface area contributed by atoms with Gasteiger partial charge in [0.2, 0.25) is 0 Å². The van der Waals surface area contributed by atoms with Crippen LogP contribution < -0.4 is 10.6 Å². The van der Waals surface area contributed by atoms with E-state index in [-0.39, 0.29) is 32.0 Å². The number of carbonyl (C=O) groups excluding carboxylic acids is 2. The van der Waals surface area contributed by atoms with Crippen molar-refractivity contribution in [3.8, 4) is 11.1 Å². The topological polar surface area (TPSA) is 132 Å². The van der Waals surface area contributed by atoms with Crippen LogP contribution in [0.3, 0.4) is 0 Å². The van der Waals surface area contributed by atoms with E-state index in [9.17, 15) is 14.7 Å². The lowest BCUT2D eigenvalue weighted by Crippen LogP contribution is -2.38. The fraction of sp³-hybridized carbons (Fsp3) is 0.333. The molecule has 2 amide bonds. The molecule has 1 aromatic heterocycles. The molecular formula is C33H36N4O6S2. The number of carbonyl (C=O) groups is 2. The van der Waals surface area contributed by atoms with Crippen molar-refractivity contribution >= 4 is 35.1 Å². The van der Waals surface area contributed by atoms with E-state index in [2.05, 4.69) is 26.9 Å². The normalized spacial score (nSPS) is 17.9. The van der Waals surface area contributed by atoms with Gasteiger partial charge in [-0.15, -0.1) is 10.2 Å². The number of esters is 1. The van der Waals surface area contributed by atoms with Gasteiger partial charge < -0.3 is 30.0 Å². The molecule has 3 N–H and O–H groups in total. The Hall–Kier alpha value is -3.81. The Balaban J connectivity index is 1.29. The largest absolute Gasteiger partial charge is 0.465 e. The van der Waals surface area contributed by atoms with E-state index in [1.807, 2.05) is 73.7 Å². The molecule has 12 heteroatoms. The van der Waals surface area contributed by atoms with Crippen LogP contribution in [0.4, 0.5) is 4.79 Å². The summed E-state index contributed by atoms with van der Waals surface area (Å²) in [5.41, 5.74) is 5.65. The summed E-state index contributed by atoms with van der Waals surface area (Å²) in [5, 5.41) is 24.1. The van der Waals surface area contributed by atoms with E-state index in [0.717, 1.165) is 42.7 Å². The summed E-state index contributed by atoms with van der Waals surface area (Å²) in [7, 11) is 0. The van der Waals surface area contributed by atoms with Crippen molar-refractivity contribution in [2.24, 2.45) is 0 Å². The number of ether oxygens (including phenoxy) is 3. The number of amides is 2. The zero-order valence-corrected chi connectivity index (χ0v) is 26.7. The second-order valence-electron chi connectivity index (χ2n) is 10.4. The van der Waals surface area contributed by atoms with Crippen LogP contribution in [0.2, 0.25) is 0 Å². The number of benzene rings is 3. The smallest absolute Gasteiger partial charge is 0.325 e. The summed E-state index contributed by atoms with van der Waals surface area (Å²) in [5.74, 6) is 0.227. The predicted molar refractivity (Wildman–Crippen MR) is 173 cm³/mol. The number of urea groups is 1. The van der Waals surface area contributed by atoms with Gasteiger partial charge in [-0.2, -0.15) is 0 Å². The van der Waals surface area contributed by atoms with Crippen LogP contribution in [-0.2, 0) is 32.2 Å². The van der Waals surface area contributed by atoms with Gasteiger partial charge in [0.25, 0.3) is 0 Å². The molecule has 3 atom stereocenters. The van der Waals surface area contributed by atoms with Crippen LogP contribution in [-0.4, -0.2) is 52.3 Å². The highest BCUT2D eigenvalue weighted by Crippen LogP contribution is 2.40. The molecule has 2 heterocycles. The van der Waals surface area contributed by atoms with Crippen LogP contribution in [0.25, 0.3) is 11.1 Å². The first-order valence-electron chi connectivity index (χ1n) is 14.7. The molecule has 0 radical (unpaired) electrons. The van der Waals surface area contributed by atoms with E-state index in [4.69, 9.17) is 14.2 Å². The minimum absolute atomic E-state index is 0.00912. The van der Waals surface area contributed by atoms with Crippen molar-refractivity contribution in [3.05, 3.63) is 100 Å². The number of thioether (sulfide) groups is 1. The van der Waals surface area contributed by atoms with Crippen LogP contribution in [0, 0.1) is 6.92 Å². The first-order chi connectivity index (χ1) is 21.9. The Labute approximate surface area is 270 Å². The molecule has 4 aromatic rings. The molecule has 10 nitrogen and oxygen atoms in total. The Morgan fingerprint density at radius 2 is 1.76 bits per heavy atom. The summed E-state index contributed by atoms with van der Waals surface area (Å²) in [6, 6.07) is 23.4. The Morgan fingerprint density at radius 3 is 2.49 bits per heavy atom. The molecule has 236 valence electrons. The summed E-state index contributed by atoms with van der Waals surface area (Å²) in [6.45, 7) is 4.02. The summed E-state index contributed by atoms with van der Waals surface area (Å²) < 4.78 is 18.8. The number of rotatable bonds is 12. The number of aliphatic hydroxyl groups excluding tert-OH is 1. The van der Waals surface area contributed by atoms with Crippen molar-refractivity contribution in [2.45, 2.75) is 56.3 Å². The maximum absolute atomic E-state index is 12.1. The monoisotopic (exact) mass is 648 g/mol. The maximum Gasteiger partial charge on any atom is 0.325 e. The van der Waals surface area contributed by atoms with Gasteiger partial charge in [-0.05, 0) is 53.8 Å². The standard InChI is InChI=1S/C33H36N4O6S2/c1-3-41-30(39)18-35-32(40)34-17-23-6-4-7-25(14-23)26-8-5-9-27(15-26)31-42-28(20-44-33-37-36-21(2)45-33)16-29(43-31)24-12-10-22(19-38)11-13-24/h4-15,28-29,31,38H,3,16-20H2,1-2H3,(H2,34,35,40)/t28-,29+,31+/m0/s1. The first kappa shape index (κ1) is 32.6. The van der Waals surface area contributed by atoms with Crippen LogP contribution in [0.15, 0.2) is 77.1 Å². The van der Waals surface area contributed by atoms with Crippen molar-refractivity contribution in [1.82, 2.24) is 20.8 Å². The van der Waals surface area contributed by atoms with Crippen molar-refractivity contribution in [3.63, 3.8) is 0 Å². The molecule has 1 aliphatic heterocycles. The van der Waals surface area contributed by atoms with Gasteiger partial charge in [0.05, 0.1) is 25.4 Å². The average Bonchev–Trinajstić information content (AvgIpc) is 3.50. The van der Waals surface area contributed by atoms with E-state index in [1.165, 1.54) is 0 Å². The zero-order chi connectivity index (χ0) is 31.6. The van der Waals surface area contributed by atoms with Gasteiger partial charge >= 0.3 is 12.0 Å². The molecule has 0 unspecified atom stereocenters. The Kier molecular flexibility index (Phi) is 11.6. The summed E-state index contributed by atoms with van der Waals surface area (Å²) >= 11 is 3.21. The molecular weight excluding hydrogens is 613 g/mol. The number of aliphatic hydroxyl groups is 1. The molecule has 0 spiro atoms. The van der Waals surface area contributed by atoms with Crippen LogP contribution in [0.1, 0.15) is 53.0 Å². The quantitative estimate of drug-likeness (QED) is 0.131. The van der Waals surface area contributed by atoms with E-state index < -0.39 is 18.3 Å².